The number of rotatable bonds is 3. The largest absolute Gasteiger partial charge is 0.350 e. The summed E-state index contributed by atoms with van der Waals surface area (Å²) in [5, 5.41) is 0.835. The van der Waals surface area contributed by atoms with Crippen LogP contribution >= 0.6 is 0 Å². The Balaban J connectivity index is 2.31. The van der Waals surface area contributed by atoms with Gasteiger partial charge in [-0.1, -0.05) is 42.5 Å². The van der Waals surface area contributed by atoms with Crippen molar-refractivity contribution in [2.24, 2.45) is 11.7 Å². The predicted octanol–water partition coefficient (Wildman–Crippen LogP) is 1.18. The first-order valence-corrected chi connectivity index (χ1v) is 5.88. The first-order valence-electron chi connectivity index (χ1n) is 5.88. The summed E-state index contributed by atoms with van der Waals surface area (Å²) in [4.78, 5) is 23.6. The average Bonchev–Trinajstić information content (AvgIpc) is 2.53. The van der Waals surface area contributed by atoms with Gasteiger partial charge in [0, 0.05) is 11.1 Å². The highest BCUT2D eigenvalue weighted by Crippen LogP contribution is 2.16. The molecule has 0 radical (unpaired) electrons. The van der Waals surface area contributed by atoms with Gasteiger partial charge in [-0.2, -0.15) is 0 Å². The minimum Gasteiger partial charge on any atom is -0.289 e. The number of amides is 2. The molecule has 0 saturated heterocycles. The van der Waals surface area contributed by atoms with Crippen LogP contribution in [-0.4, -0.2) is 11.8 Å². The van der Waals surface area contributed by atoms with Crippen molar-refractivity contribution in [2.75, 3.05) is 5.01 Å². The fourth-order valence-corrected chi connectivity index (χ4v) is 1.74. The van der Waals surface area contributed by atoms with E-state index in [1.54, 1.807) is 42.5 Å². The van der Waals surface area contributed by atoms with Crippen molar-refractivity contribution in [1.82, 2.24) is 5.43 Å². The Morgan fingerprint density at radius 3 is 2.25 bits per heavy atom. The molecule has 6 heteroatoms. The van der Waals surface area contributed by atoms with Gasteiger partial charge in [0.15, 0.2) is 5.78 Å². The number of carbonyl (C=O) groups excluding carboxylic acids is 2. The van der Waals surface area contributed by atoms with Crippen molar-refractivity contribution in [3.05, 3.63) is 65.7 Å². The van der Waals surface area contributed by atoms with E-state index in [1.165, 1.54) is 6.07 Å². The predicted molar refractivity (Wildman–Crippen MR) is 75.7 cm³/mol. The molecule has 0 bridgehead atoms. The molecule has 0 saturated carbocycles. The minimum absolute atomic E-state index is 0.144. The SMILES string of the molecule is NNC(=O)N(N)c1cccc(C(=O)c2ccccc2)c1. The number of nitrogens with zero attached hydrogens (tertiary/aromatic N) is 1. The summed E-state index contributed by atoms with van der Waals surface area (Å²) in [7, 11) is 0. The number of ketones is 1. The van der Waals surface area contributed by atoms with Crippen LogP contribution < -0.4 is 22.1 Å². The van der Waals surface area contributed by atoms with E-state index in [2.05, 4.69) is 0 Å². The molecular weight excluding hydrogens is 256 g/mol. The number of hydrogen-bond acceptors (Lipinski definition) is 4. The Bertz CT molecular complexity index is 628. The molecule has 2 rings (SSSR count). The number of hydrogen-bond donors (Lipinski definition) is 3. The van der Waals surface area contributed by atoms with Crippen LogP contribution in [0.1, 0.15) is 15.9 Å². The highest BCUT2D eigenvalue weighted by Gasteiger charge is 2.13. The van der Waals surface area contributed by atoms with Crippen molar-refractivity contribution in [2.45, 2.75) is 0 Å². The molecule has 2 amide bonds. The molecule has 0 aliphatic heterocycles. The zero-order valence-corrected chi connectivity index (χ0v) is 10.6. The molecule has 2 aromatic rings. The van der Waals surface area contributed by atoms with Gasteiger partial charge in [-0.3, -0.25) is 10.2 Å². The lowest BCUT2D eigenvalue weighted by atomic mass is 10.0. The average molecular weight is 270 g/mol. The molecule has 20 heavy (non-hydrogen) atoms. The molecule has 0 fully saturated rings. The second-order valence-electron chi connectivity index (χ2n) is 4.06. The minimum atomic E-state index is -0.672. The standard InChI is InChI=1S/C14H14N4O2/c15-17-14(20)18(16)12-8-4-7-11(9-12)13(19)10-5-2-1-3-6-10/h1-9H,15-16H2,(H,17,20). The molecule has 5 N–H and O–H groups in total. The normalized spacial score (nSPS) is 9.90. The van der Waals surface area contributed by atoms with Crippen molar-refractivity contribution < 1.29 is 9.59 Å². The third kappa shape index (κ3) is 2.82. The number of urea groups is 1. The third-order valence-corrected chi connectivity index (χ3v) is 2.76. The summed E-state index contributed by atoms with van der Waals surface area (Å²) in [5.74, 6) is 10.5. The molecule has 0 spiro atoms. The van der Waals surface area contributed by atoms with Crippen molar-refractivity contribution in [1.29, 1.82) is 0 Å². The van der Waals surface area contributed by atoms with E-state index in [4.69, 9.17) is 11.7 Å². The number of benzene rings is 2. The molecule has 6 nitrogen and oxygen atoms in total. The summed E-state index contributed by atoms with van der Waals surface area (Å²) in [5.41, 5.74) is 3.30. The highest BCUT2D eigenvalue weighted by atomic mass is 16.2. The zero-order valence-electron chi connectivity index (χ0n) is 10.6. The third-order valence-electron chi connectivity index (χ3n) is 2.76. The molecule has 102 valence electrons. The molecule has 0 aliphatic rings. The fraction of sp³-hybridized carbons (Fsp3) is 0. The summed E-state index contributed by atoms with van der Waals surface area (Å²) in [6, 6.07) is 14.6. The Morgan fingerprint density at radius 2 is 1.60 bits per heavy atom. The van der Waals surface area contributed by atoms with Gasteiger partial charge in [-0.05, 0) is 12.1 Å². The number of nitrogens with one attached hydrogen (secondary N) is 1. The fourth-order valence-electron chi connectivity index (χ4n) is 1.74. The lowest BCUT2D eigenvalue weighted by Gasteiger charge is -2.16. The van der Waals surface area contributed by atoms with Gasteiger partial charge in [0.25, 0.3) is 0 Å². The first kappa shape index (κ1) is 13.7. The maximum atomic E-state index is 12.3. The summed E-state index contributed by atoms with van der Waals surface area (Å²) in [6.45, 7) is 0. The zero-order chi connectivity index (χ0) is 14.5. The van der Waals surface area contributed by atoms with Crippen molar-refractivity contribution in [3.63, 3.8) is 0 Å². The summed E-state index contributed by atoms with van der Waals surface area (Å²) in [6.07, 6.45) is 0. The summed E-state index contributed by atoms with van der Waals surface area (Å²) >= 11 is 0. The maximum absolute atomic E-state index is 12.3. The molecule has 2 aromatic carbocycles. The molecule has 0 heterocycles. The van der Waals surface area contributed by atoms with Crippen LogP contribution in [-0.2, 0) is 0 Å². The van der Waals surface area contributed by atoms with Crippen LogP contribution in [0.25, 0.3) is 0 Å². The van der Waals surface area contributed by atoms with E-state index in [-0.39, 0.29) is 5.78 Å². The van der Waals surface area contributed by atoms with Gasteiger partial charge in [0.05, 0.1) is 5.69 Å². The van der Waals surface area contributed by atoms with Crippen molar-refractivity contribution >= 4 is 17.5 Å². The van der Waals surface area contributed by atoms with E-state index in [1.807, 2.05) is 11.5 Å². The molecular formula is C14H14N4O2. The van der Waals surface area contributed by atoms with Crippen LogP contribution in [0.2, 0.25) is 0 Å². The number of anilines is 1. The Hall–Kier alpha value is -2.70. The second kappa shape index (κ2) is 5.96. The monoisotopic (exact) mass is 270 g/mol. The lowest BCUT2D eigenvalue weighted by molar-refractivity contribution is 0.103. The quantitative estimate of drug-likeness (QED) is 0.337. The maximum Gasteiger partial charge on any atom is 0.350 e. The smallest absolute Gasteiger partial charge is 0.289 e. The van der Waals surface area contributed by atoms with Gasteiger partial charge in [0.2, 0.25) is 0 Å². The van der Waals surface area contributed by atoms with E-state index in [0.717, 1.165) is 5.01 Å². The lowest BCUT2D eigenvalue weighted by Crippen LogP contribution is -2.47. The van der Waals surface area contributed by atoms with Gasteiger partial charge < -0.3 is 0 Å². The van der Waals surface area contributed by atoms with E-state index >= 15 is 0 Å². The van der Waals surface area contributed by atoms with Gasteiger partial charge in [-0.15, -0.1) is 0 Å². The van der Waals surface area contributed by atoms with E-state index in [9.17, 15) is 9.59 Å². The number of nitrogens with two attached hydrogens (primary N) is 2. The summed E-state index contributed by atoms with van der Waals surface area (Å²) < 4.78 is 0. The molecule has 0 aliphatic carbocycles. The number of carbonyl (C=O) groups is 2. The van der Waals surface area contributed by atoms with Crippen LogP contribution in [0.5, 0.6) is 0 Å². The van der Waals surface area contributed by atoms with Gasteiger partial charge in [0.1, 0.15) is 0 Å². The topological polar surface area (TPSA) is 101 Å². The van der Waals surface area contributed by atoms with Crippen LogP contribution in [0.15, 0.2) is 54.6 Å². The van der Waals surface area contributed by atoms with Crippen LogP contribution in [0.4, 0.5) is 10.5 Å². The first-order chi connectivity index (χ1) is 9.63. The highest BCUT2D eigenvalue weighted by molar-refractivity contribution is 6.09. The molecule has 0 atom stereocenters. The van der Waals surface area contributed by atoms with Gasteiger partial charge >= 0.3 is 6.03 Å². The Morgan fingerprint density at radius 1 is 0.950 bits per heavy atom. The molecule has 0 aromatic heterocycles. The van der Waals surface area contributed by atoms with E-state index < -0.39 is 6.03 Å². The van der Waals surface area contributed by atoms with Crippen LogP contribution in [0.3, 0.4) is 0 Å². The Kier molecular flexibility index (Phi) is 4.09. The van der Waals surface area contributed by atoms with E-state index in [0.29, 0.717) is 16.8 Å². The van der Waals surface area contributed by atoms with Gasteiger partial charge in [-0.25, -0.2) is 21.5 Å². The second-order valence-corrected chi connectivity index (χ2v) is 4.06. The van der Waals surface area contributed by atoms with Crippen molar-refractivity contribution in [3.8, 4) is 0 Å². The Labute approximate surface area is 115 Å². The number of hydrazine groups is 2. The van der Waals surface area contributed by atoms with Crippen LogP contribution in [0, 0.1) is 0 Å². The molecule has 0 unspecified atom stereocenters.